The van der Waals surface area contributed by atoms with E-state index in [1.54, 1.807) is 30.7 Å². The number of benzene rings is 1. The van der Waals surface area contributed by atoms with Crippen molar-refractivity contribution in [3.63, 3.8) is 0 Å². The van der Waals surface area contributed by atoms with Crippen LogP contribution in [0, 0.1) is 11.2 Å². The van der Waals surface area contributed by atoms with Gasteiger partial charge in [-0.25, -0.2) is 19.3 Å². The van der Waals surface area contributed by atoms with Gasteiger partial charge in [-0.15, -0.1) is 0 Å². The van der Waals surface area contributed by atoms with Gasteiger partial charge < -0.3 is 10.3 Å². The Labute approximate surface area is 216 Å². The molecule has 188 valence electrons. The van der Waals surface area contributed by atoms with Crippen LogP contribution in [0.5, 0.6) is 0 Å². The summed E-state index contributed by atoms with van der Waals surface area (Å²) in [6, 6.07) is 13.7. The van der Waals surface area contributed by atoms with E-state index < -0.39 is 5.41 Å². The molecule has 0 aliphatic rings. The summed E-state index contributed by atoms with van der Waals surface area (Å²) in [6.45, 7) is 5.55. The topological polar surface area (TPSA) is 125 Å². The number of aromatic amines is 2. The largest absolute Gasteiger partial charge is 0.324 e. The maximum absolute atomic E-state index is 13.9. The van der Waals surface area contributed by atoms with Crippen molar-refractivity contribution in [1.82, 2.24) is 35.1 Å². The van der Waals surface area contributed by atoms with Gasteiger partial charge in [0.15, 0.2) is 17.2 Å². The number of anilines is 1. The summed E-state index contributed by atoms with van der Waals surface area (Å²) in [5.74, 6) is 0.0550. The zero-order chi connectivity index (χ0) is 26.4. The molecular weight excluding hydrogens is 483 g/mol. The van der Waals surface area contributed by atoms with Crippen LogP contribution in [0.2, 0.25) is 0 Å². The lowest BCUT2D eigenvalue weighted by Gasteiger charge is -2.17. The molecule has 0 radical (unpaired) electrons. The molecule has 3 N–H and O–H groups in total. The summed E-state index contributed by atoms with van der Waals surface area (Å²) in [5, 5.41) is 10.4. The average Bonchev–Trinajstić information content (AvgIpc) is 3.52. The van der Waals surface area contributed by atoms with Gasteiger partial charge in [0.2, 0.25) is 5.91 Å². The highest BCUT2D eigenvalue weighted by Gasteiger charge is 2.22. The predicted molar refractivity (Wildman–Crippen MR) is 143 cm³/mol. The number of rotatable bonds is 4. The van der Waals surface area contributed by atoms with Crippen molar-refractivity contribution in [3.05, 3.63) is 72.9 Å². The second-order valence-corrected chi connectivity index (χ2v) is 9.98. The van der Waals surface area contributed by atoms with Gasteiger partial charge in [0.05, 0.1) is 23.1 Å². The Kier molecular flexibility index (Phi) is 5.45. The molecule has 0 aliphatic heterocycles. The SMILES string of the molecule is CC(C)(C)C(=O)Nc1cncc(-c2ccc3[nH]nc(-c4nc5c(-c6cccc(F)c6)ccnc5[nH]4)c3n2)c1. The lowest BCUT2D eigenvalue weighted by molar-refractivity contribution is -0.123. The summed E-state index contributed by atoms with van der Waals surface area (Å²) in [6.07, 6.45) is 4.95. The molecular formula is C28H23FN8O. The van der Waals surface area contributed by atoms with E-state index in [1.165, 1.54) is 12.1 Å². The Morgan fingerprint density at radius 3 is 2.66 bits per heavy atom. The van der Waals surface area contributed by atoms with Crippen LogP contribution in [0.3, 0.4) is 0 Å². The summed E-state index contributed by atoms with van der Waals surface area (Å²) < 4.78 is 13.9. The molecule has 1 amide bonds. The minimum absolute atomic E-state index is 0.104. The van der Waals surface area contributed by atoms with Crippen LogP contribution in [-0.2, 0) is 4.79 Å². The molecule has 0 saturated carbocycles. The third kappa shape index (κ3) is 4.26. The molecule has 0 saturated heterocycles. The second-order valence-electron chi connectivity index (χ2n) is 9.98. The first-order valence-corrected chi connectivity index (χ1v) is 12.0. The Morgan fingerprint density at radius 1 is 0.974 bits per heavy atom. The van der Waals surface area contributed by atoms with Crippen molar-refractivity contribution in [2.24, 2.45) is 5.41 Å². The van der Waals surface area contributed by atoms with E-state index in [4.69, 9.17) is 9.97 Å². The maximum atomic E-state index is 13.9. The number of fused-ring (bicyclic) bond motifs is 2. The van der Waals surface area contributed by atoms with Crippen LogP contribution in [0.15, 0.2) is 67.1 Å². The molecule has 6 aromatic rings. The van der Waals surface area contributed by atoms with Crippen LogP contribution in [0.1, 0.15) is 20.8 Å². The number of nitrogens with zero attached hydrogens (tertiary/aromatic N) is 5. The number of imidazole rings is 1. The van der Waals surface area contributed by atoms with E-state index >= 15 is 0 Å². The number of aromatic nitrogens is 7. The smallest absolute Gasteiger partial charge is 0.229 e. The zero-order valence-corrected chi connectivity index (χ0v) is 20.9. The molecule has 0 bridgehead atoms. The van der Waals surface area contributed by atoms with Crippen molar-refractivity contribution >= 4 is 33.8 Å². The molecule has 5 aromatic heterocycles. The average molecular weight is 507 g/mol. The van der Waals surface area contributed by atoms with Crippen LogP contribution in [0.4, 0.5) is 10.1 Å². The summed E-state index contributed by atoms with van der Waals surface area (Å²) in [5.41, 5.74) is 5.94. The summed E-state index contributed by atoms with van der Waals surface area (Å²) in [7, 11) is 0. The number of hydrogen-bond acceptors (Lipinski definition) is 6. The van der Waals surface area contributed by atoms with Crippen molar-refractivity contribution < 1.29 is 9.18 Å². The Morgan fingerprint density at radius 2 is 1.84 bits per heavy atom. The van der Waals surface area contributed by atoms with E-state index in [0.717, 1.165) is 16.6 Å². The highest BCUT2D eigenvalue weighted by molar-refractivity contribution is 5.96. The van der Waals surface area contributed by atoms with Gasteiger partial charge >= 0.3 is 0 Å². The normalized spacial score (nSPS) is 11.8. The molecule has 6 rings (SSSR count). The van der Waals surface area contributed by atoms with E-state index in [9.17, 15) is 9.18 Å². The van der Waals surface area contributed by atoms with Crippen molar-refractivity contribution in [2.75, 3.05) is 5.32 Å². The number of H-pyrrole nitrogens is 2. The third-order valence-electron chi connectivity index (χ3n) is 6.13. The molecule has 10 heteroatoms. The highest BCUT2D eigenvalue weighted by Crippen LogP contribution is 2.31. The molecule has 38 heavy (non-hydrogen) atoms. The van der Waals surface area contributed by atoms with E-state index in [2.05, 4.69) is 30.5 Å². The number of amides is 1. The standard InChI is InChI=1S/C28H23FN8O/c1-28(2,3)27(38)32-18-12-16(13-30-14-18)20-7-8-21-23(33-20)24(37-36-21)26-34-22-19(9-10-31-25(22)35-26)15-5-4-6-17(29)11-15/h4-14H,1-3H3,(H,32,38)(H,36,37)(H,31,34,35). The minimum atomic E-state index is -0.533. The Hall–Kier alpha value is -4.99. The third-order valence-corrected chi connectivity index (χ3v) is 6.13. The molecule has 1 aromatic carbocycles. The van der Waals surface area contributed by atoms with E-state index in [-0.39, 0.29) is 11.7 Å². The summed E-state index contributed by atoms with van der Waals surface area (Å²) in [4.78, 5) is 33.9. The van der Waals surface area contributed by atoms with Gasteiger partial charge in [-0.1, -0.05) is 32.9 Å². The summed E-state index contributed by atoms with van der Waals surface area (Å²) >= 11 is 0. The van der Waals surface area contributed by atoms with Crippen molar-refractivity contribution in [3.8, 4) is 33.9 Å². The van der Waals surface area contributed by atoms with E-state index in [0.29, 0.717) is 45.1 Å². The number of carbonyl (C=O) groups is 1. The number of pyridine rings is 3. The number of carbonyl (C=O) groups excluding carboxylic acids is 1. The fourth-order valence-corrected chi connectivity index (χ4v) is 4.10. The lowest BCUT2D eigenvalue weighted by Crippen LogP contribution is -2.27. The molecule has 0 unspecified atom stereocenters. The Bertz CT molecular complexity index is 1830. The molecule has 5 heterocycles. The van der Waals surface area contributed by atoms with Gasteiger partial charge in [-0.2, -0.15) is 5.10 Å². The lowest BCUT2D eigenvalue weighted by atomic mass is 9.95. The second kappa shape index (κ2) is 8.84. The fraction of sp³-hybridized carbons (Fsp3) is 0.143. The maximum Gasteiger partial charge on any atom is 0.229 e. The fourth-order valence-electron chi connectivity index (χ4n) is 4.10. The molecule has 0 aliphatic carbocycles. The van der Waals surface area contributed by atoms with Gasteiger partial charge in [-0.05, 0) is 42.0 Å². The van der Waals surface area contributed by atoms with Crippen LogP contribution < -0.4 is 5.32 Å². The van der Waals surface area contributed by atoms with Crippen LogP contribution in [-0.4, -0.2) is 41.0 Å². The first-order valence-electron chi connectivity index (χ1n) is 12.0. The number of nitrogens with one attached hydrogen (secondary N) is 3. The number of halogens is 1. The van der Waals surface area contributed by atoms with Crippen LogP contribution >= 0.6 is 0 Å². The van der Waals surface area contributed by atoms with Crippen molar-refractivity contribution in [2.45, 2.75) is 20.8 Å². The molecule has 0 spiro atoms. The van der Waals surface area contributed by atoms with Gasteiger partial charge in [0.1, 0.15) is 16.9 Å². The molecule has 9 nitrogen and oxygen atoms in total. The molecule has 0 fully saturated rings. The van der Waals surface area contributed by atoms with Gasteiger partial charge in [0, 0.05) is 28.9 Å². The van der Waals surface area contributed by atoms with Gasteiger partial charge in [-0.3, -0.25) is 14.9 Å². The Balaban J connectivity index is 1.40. The van der Waals surface area contributed by atoms with Crippen LogP contribution in [0.25, 0.3) is 56.1 Å². The predicted octanol–water partition coefficient (Wildman–Crippen LogP) is 5.75. The van der Waals surface area contributed by atoms with Gasteiger partial charge in [0.25, 0.3) is 0 Å². The number of hydrogen-bond donors (Lipinski definition) is 3. The van der Waals surface area contributed by atoms with E-state index in [1.807, 2.05) is 45.0 Å². The zero-order valence-electron chi connectivity index (χ0n) is 20.9. The first kappa shape index (κ1) is 23.4. The highest BCUT2D eigenvalue weighted by atomic mass is 19.1. The van der Waals surface area contributed by atoms with Crippen molar-refractivity contribution in [1.29, 1.82) is 0 Å². The first-order chi connectivity index (χ1) is 18.3. The monoisotopic (exact) mass is 506 g/mol. The molecule has 0 atom stereocenters. The quantitative estimate of drug-likeness (QED) is 0.280. The minimum Gasteiger partial charge on any atom is -0.324 e.